The molecule has 3 heterocycles. The van der Waals surface area contributed by atoms with Gasteiger partial charge in [0, 0.05) is 25.0 Å². The van der Waals surface area contributed by atoms with E-state index in [4.69, 9.17) is 9.15 Å². The van der Waals surface area contributed by atoms with E-state index in [0.29, 0.717) is 18.1 Å². The quantitative estimate of drug-likeness (QED) is 0.854. The highest BCUT2D eigenvalue weighted by Gasteiger charge is 2.42. The summed E-state index contributed by atoms with van der Waals surface area (Å²) in [6, 6.07) is 4.51. The highest BCUT2D eigenvalue weighted by Crippen LogP contribution is 2.36. The summed E-state index contributed by atoms with van der Waals surface area (Å²) in [7, 11) is 0. The third-order valence-corrected chi connectivity index (χ3v) is 4.69. The molecule has 1 aliphatic carbocycles. The van der Waals surface area contributed by atoms with E-state index < -0.39 is 0 Å². The molecule has 3 atom stereocenters. The molecule has 2 aromatic rings. The summed E-state index contributed by atoms with van der Waals surface area (Å²) < 4.78 is 13.6. The van der Waals surface area contributed by atoms with E-state index in [9.17, 15) is 0 Å². The second kappa shape index (κ2) is 5.61. The number of hydrogen-bond acceptors (Lipinski definition) is 5. The lowest BCUT2D eigenvalue weighted by Gasteiger charge is -2.38. The molecule has 6 heteroatoms. The van der Waals surface area contributed by atoms with Crippen molar-refractivity contribution in [3.63, 3.8) is 0 Å². The first-order valence-corrected chi connectivity index (χ1v) is 7.60. The number of aromatic nitrogens is 3. The molecular formula is C15H20N4O2. The molecule has 0 unspecified atom stereocenters. The summed E-state index contributed by atoms with van der Waals surface area (Å²) >= 11 is 0. The van der Waals surface area contributed by atoms with Crippen molar-refractivity contribution in [3.05, 3.63) is 36.8 Å². The zero-order chi connectivity index (χ0) is 14.1. The van der Waals surface area contributed by atoms with Gasteiger partial charge in [0.05, 0.1) is 25.5 Å². The molecule has 6 nitrogen and oxygen atoms in total. The zero-order valence-electron chi connectivity index (χ0n) is 12.0. The van der Waals surface area contributed by atoms with Crippen LogP contribution >= 0.6 is 0 Å². The van der Waals surface area contributed by atoms with Crippen LogP contribution in [0.3, 0.4) is 0 Å². The summed E-state index contributed by atoms with van der Waals surface area (Å²) in [5.74, 6) is 1.59. The van der Waals surface area contributed by atoms with Crippen LogP contribution in [0.1, 0.15) is 18.6 Å². The number of rotatable bonds is 4. The first-order valence-electron chi connectivity index (χ1n) is 7.60. The number of nitrogens with zero attached hydrogens (tertiary/aromatic N) is 4. The maximum absolute atomic E-state index is 6.09. The zero-order valence-corrected chi connectivity index (χ0v) is 12.0. The second-order valence-electron chi connectivity index (χ2n) is 5.95. The van der Waals surface area contributed by atoms with E-state index in [1.165, 1.54) is 12.8 Å². The van der Waals surface area contributed by atoms with Crippen LogP contribution in [-0.2, 0) is 17.8 Å². The van der Waals surface area contributed by atoms with Crippen molar-refractivity contribution >= 4 is 0 Å². The monoisotopic (exact) mass is 288 g/mol. The summed E-state index contributed by atoms with van der Waals surface area (Å²) in [4.78, 5) is 2.51. The number of hydrogen-bond donors (Lipinski definition) is 0. The van der Waals surface area contributed by atoms with Crippen molar-refractivity contribution in [2.75, 3.05) is 13.2 Å². The fourth-order valence-electron chi connectivity index (χ4n) is 3.72. The number of fused-ring (bicyclic) bond motifs is 1. The van der Waals surface area contributed by atoms with Crippen LogP contribution in [0.2, 0.25) is 0 Å². The molecule has 21 heavy (non-hydrogen) atoms. The summed E-state index contributed by atoms with van der Waals surface area (Å²) in [6.07, 6.45) is 8.03. The Morgan fingerprint density at radius 1 is 1.24 bits per heavy atom. The predicted octanol–water partition coefficient (Wildman–Crippen LogP) is 1.55. The SMILES string of the molecule is c1coc(CN2CCO[C@@H]3[C@H](Cn4cnnc4)CC[C@@H]32)c1. The van der Waals surface area contributed by atoms with Crippen LogP contribution in [-0.4, -0.2) is 45.0 Å². The van der Waals surface area contributed by atoms with Crippen molar-refractivity contribution in [2.24, 2.45) is 5.92 Å². The van der Waals surface area contributed by atoms with Gasteiger partial charge in [-0.1, -0.05) is 0 Å². The van der Waals surface area contributed by atoms with Crippen LogP contribution < -0.4 is 0 Å². The fraction of sp³-hybridized carbons (Fsp3) is 0.600. The van der Waals surface area contributed by atoms with Gasteiger partial charge < -0.3 is 13.7 Å². The predicted molar refractivity (Wildman–Crippen MR) is 75.4 cm³/mol. The van der Waals surface area contributed by atoms with E-state index in [-0.39, 0.29) is 0 Å². The summed E-state index contributed by atoms with van der Waals surface area (Å²) in [5, 5.41) is 7.76. The first-order chi connectivity index (χ1) is 10.4. The Morgan fingerprint density at radius 3 is 2.95 bits per heavy atom. The van der Waals surface area contributed by atoms with Crippen molar-refractivity contribution in [1.29, 1.82) is 0 Å². The van der Waals surface area contributed by atoms with Gasteiger partial charge in [-0.3, -0.25) is 4.90 Å². The summed E-state index contributed by atoms with van der Waals surface area (Å²) in [5.41, 5.74) is 0. The lowest BCUT2D eigenvalue weighted by molar-refractivity contribution is -0.0801. The molecule has 0 spiro atoms. The highest BCUT2D eigenvalue weighted by atomic mass is 16.5. The minimum atomic E-state index is 0.316. The minimum Gasteiger partial charge on any atom is -0.468 e. The molecule has 4 rings (SSSR count). The maximum Gasteiger partial charge on any atom is 0.119 e. The molecule has 0 amide bonds. The average molecular weight is 288 g/mol. The largest absolute Gasteiger partial charge is 0.468 e. The number of morpholine rings is 1. The Hall–Kier alpha value is -1.66. The molecule has 1 aliphatic heterocycles. The maximum atomic E-state index is 6.09. The van der Waals surface area contributed by atoms with Gasteiger partial charge in [0.2, 0.25) is 0 Å². The molecule has 2 aliphatic rings. The van der Waals surface area contributed by atoms with E-state index in [0.717, 1.165) is 32.0 Å². The van der Waals surface area contributed by atoms with E-state index >= 15 is 0 Å². The topological polar surface area (TPSA) is 56.3 Å². The first kappa shape index (κ1) is 13.0. The molecule has 1 saturated heterocycles. The van der Waals surface area contributed by atoms with Gasteiger partial charge in [0.15, 0.2) is 0 Å². The number of ether oxygens (including phenoxy) is 1. The van der Waals surface area contributed by atoms with Gasteiger partial charge in [0.1, 0.15) is 18.4 Å². The molecule has 0 N–H and O–H groups in total. The molecule has 0 bridgehead atoms. The lowest BCUT2D eigenvalue weighted by Crippen LogP contribution is -2.50. The van der Waals surface area contributed by atoms with Gasteiger partial charge >= 0.3 is 0 Å². The molecular weight excluding hydrogens is 268 g/mol. The van der Waals surface area contributed by atoms with Gasteiger partial charge in [0.25, 0.3) is 0 Å². The van der Waals surface area contributed by atoms with Gasteiger partial charge in [-0.2, -0.15) is 0 Å². The smallest absolute Gasteiger partial charge is 0.119 e. The second-order valence-corrected chi connectivity index (χ2v) is 5.95. The molecule has 0 radical (unpaired) electrons. The van der Waals surface area contributed by atoms with Crippen LogP contribution in [0.15, 0.2) is 35.5 Å². The van der Waals surface area contributed by atoms with Crippen LogP contribution in [0.4, 0.5) is 0 Å². The molecule has 2 aromatic heterocycles. The van der Waals surface area contributed by atoms with E-state index in [2.05, 4.69) is 19.7 Å². The average Bonchev–Trinajstić information content (AvgIpc) is 3.22. The molecule has 2 fully saturated rings. The van der Waals surface area contributed by atoms with Crippen LogP contribution in [0.25, 0.3) is 0 Å². The Balaban J connectivity index is 1.44. The molecule has 112 valence electrons. The molecule has 1 saturated carbocycles. The van der Waals surface area contributed by atoms with Gasteiger partial charge in [-0.05, 0) is 25.0 Å². The molecule has 0 aromatic carbocycles. The lowest BCUT2D eigenvalue weighted by atomic mass is 10.0. The van der Waals surface area contributed by atoms with E-state index in [1.54, 1.807) is 18.9 Å². The van der Waals surface area contributed by atoms with E-state index in [1.807, 2.05) is 12.1 Å². The van der Waals surface area contributed by atoms with Crippen molar-refractivity contribution < 1.29 is 9.15 Å². The highest BCUT2D eigenvalue weighted by molar-refractivity contribution is 5.01. The normalized spacial score (nSPS) is 29.6. The van der Waals surface area contributed by atoms with Crippen LogP contribution in [0, 0.1) is 5.92 Å². The third kappa shape index (κ3) is 2.61. The van der Waals surface area contributed by atoms with Gasteiger partial charge in [-0.25, -0.2) is 0 Å². The minimum absolute atomic E-state index is 0.316. The Labute approximate surface area is 123 Å². The Morgan fingerprint density at radius 2 is 2.14 bits per heavy atom. The Bertz CT molecular complexity index is 554. The van der Waals surface area contributed by atoms with Crippen molar-refractivity contribution in [3.8, 4) is 0 Å². The standard InChI is InChI=1S/C15H20N4O2/c1-2-13(20-6-1)9-19-5-7-21-15-12(3-4-14(15)19)8-18-10-16-17-11-18/h1-2,6,10-12,14-15H,3-5,7-9H2/t12-,14-,15+/m0/s1. The Kier molecular flexibility index (Phi) is 3.48. The van der Waals surface area contributed by atoms with Crippen molar-refractivity contribution in [2.45, 2.75) is 38.1 Å². The summed E-state index contributed by atoms with van der Waals surface area (Å²) in [6.45, 7) is 3.63. The fourth-order valence-corrected chi connectivity index (χ4v) is 3.72. The van der Waals surface area contributed by atoms with Crippen LogP contribution in [0.5, 0.6) is 0 Å². The number of furan rings is 1. The van der Waals surface area contributed by atoms with Gasteiger partial charge in [-0.15, -0.1) is 10.2 Å². The third-order valence-electron chi connectivity index (χ3n) is 4.69. The van der Waals surface area contributed by atoms with Crippen molar-refractivity contribution in [1.82, 2.24) is 19.7 Å².